The molecule has 2 fully saturated rings. The van der Waals surface area contributed by atoms with E-state index in [1.165, 1.54) is 17.1 Å². The number of thiocarbonyl (C=S) groups is 1. The predicted molar refractivity (Wildman–Crippen MR) is 184 cm³/mol. The van der Waals surface area contributed by atoms with E-state index in [0.717, 1.165) is 71.8 Å². The Hall–Kier alpha value is -4.02. The number of benzene rings is 4. The number of hydrogen-bond acceptors (Lipinski definition) is 7. The van der Waals surface area contributed by atoms with Gasteiger partial charge in [-0.25, -0.2) is 0 Å². The highest BCUT2D eigenvalue weighted by atomic mass is 32.2. The normalized spacial score (nSPS) is 16.5. The standard InChI is InChI=1S/C36H34N2O5S2/c39-34(40)23-26-7-5-25(6-8-26)13-14-38-35(41)33(45-36(38)44)22-27-9-12-32(43-20-17-37-15-18-42-19-16-37)31(21-27)30-11-10-28-3-1-2-4-29(28)24-30/h1-12,21-22,24H,13-20,23H2,(H,39,40). The Morgan fingerprint density at radius 2 is 1.69 bits per heavy atom. The van der Waals surface area contributed by atoms with Crippen molar-refractivity contribution in [2.24, 2.45) is 0 Å². The number of carbonyl (C=O) groups excluding carboxylic acids is 1. The summed E-state index contributed by atoms with van der Waals surface area (Å²) in [5, 5.41) is 11.3. The number of ether oxygens (including phenoxy) is 2. The topological polar surface area (TPSA) is 79.3 Å². The third kappa shape index (κ3) is 7.80. The van der Waals surface area contributed by atoms with Crippen LogP contribution in [0.5, 0.6) is 5.75 Å². The van der Waals surface area contributed by atoms with Gasteiger partial charge in [-0.05, 0) is 63.7 Å². The molecule has 4 aromatic carbocycles. The largest absolute Gasteiger partial charge is 0.492 e. The van der Waals surface area contributed by atoms with Crippen LogP contribution >= 0.6 is 24.0 Å². The number of amides is 1. The lowest BCUT2D eigenvalue weighted by molar-refractivity contribution is -0.136. The van der Waals surface area contributed by atoms with Crippen molar-refractivity contribution in [2.75, 3.05) is 46.0 Å². The molecule has 9 heteroatoms. The minimum absolute atomic E-state index is 0.0100. The second-order valence-electron chi connectivity index (χ2n) is 11.1. The average molecular weight is 639 g/mol. The maximum atomic E-state index is 13.4. The van der Waals surface area contributed by atoms with Crippen LogP contribution in [0.3, 0.4) is 0 Å². The number of carbonyl (C=O) groups is 2. The summed E-state index contributed by atoms with van der Waals surface area (Å²) in [6.45, 7) is 5.20. The molecular weight excluding hydrogens is 605 g/mol. The molecule has 1 N–H and O–H groups in total. The van der Waals surface area contributed by atoms with E-state index in [1.807, 2.05) is 54.6 Å². The number of fused-ring (bicyclic) bond motifs is 1. The molecule has 230 valence electrons. The van der Waals surface area contributed by atoms with Crippen molar-refractivity contribution >= 4 is 57.0 Å². The second-order valence-corrected chi connectivity index (χ2v) is 12.8. The first-order chi connectivity index (χ1) is 21.9. The number of thioether (sulfide) groups is 1. The molecule has 2 heterocycles. The van der Waals surface area contributed by atoms with Crippen LogP contribution in [0.25, 0.3) is 28.0 Å². The van der Waals surface area contributed by atoms with E-state index in [2.05, 4.69) is 41.3 Å². The first-order valence-electron chi connectivity index (χ1n) is 15.0. The summed E-state index contributed by atoms with van der Waals surface area (Å²) in [4.78, 5) is 29.0. The molecule has 6 rings (SSSR count). The number of rotatable bonds is 11. The van der Waals surface area contributed by atoms with Crippen LogP contribution in [0.1, 0.15) is 16.7 Å². The molecule has 0 aromatic heterocycles. The lowest BCUT2D eigenvalue weighted by Gasteiger charge is -2.26. The number of morpholine rings is 1. The van der Waals surface area contributed by atoms with Crippen molar-refractivity contribution in [1.29, 1.82) is 0 Å². The summed E-state index contributed by atoms with van der Waals surface area (Å²) >= 11 is 6.91. The van der Waals surface area contributed by atoms with Crippen LogP contribution < -0.4 is 4.74 Å². The molecule has 0 unspecified atom stereocenters. The van der Waals surface area contributed by atoms with Crippen molar-refractivity contribution in [3.05, 3.63) is 107 Å². The molecule has 2 aliphatic rings. The molecule has 0 atom stereocenters. The van der Waals surface area contributed by atoms with Gasteiger partial charge in [0.25, 0.3) is 5.91 Å². The van der Waals surface area contributed by atoms with Crippen LogP contribution in [0.2, 0.25) is 0 Å². The first-order valence-corrected chi connectivity index (χ1v) is 16.3. The second kappa shape index (κ2) is 14.4. The van der Waals surface area contributed by atoms with Crippen LogP contribution in [0.4, 0.5) is 0 Å². The van der Waals surface area contributed by atoms with E-state index < -0.39 is 5.97 Å². The lowest BCUT2D eigenvalue weighted by atomic mass is 9.98. The van der Waals surface area contributed by atoms with Crippen molar-refractivity contribution in [1.82, 2.24) is 9.80 Å². The van der Waals surface area contributed by atoms with Gasteiger partial charge >= 0.3 is 5.97 Å². The molecule has 7 nitrogen and oxygen atoms in total. The van der Waals surface area contributed by atoms with E-state index >= 15 is 0 Å². The van der Waals surface area contributed by atoms with Gasteiger partial charge < -0.3 is 14.6 Å². The molecule has 0 spiro atoms. The fourth-order valence-corrected chi connectivity index (χ4v) is 6.85. The minimum atomic E-state index is -0.859. The fraction of sp³-hybridized carbons (Fsp3) is 0.250. The summed E-state index contributed by atoms with van der Waals surface area (Å²) < 4.78 is 12.4. The van der Waals surface area contributed by atoms with Gasteiger partial charge in [-0.1, -0.05) is 90.7 Å². The van der Waals surface area contributed by atoms with Gasteiger partial charge in [0.15, 0.2) is 0 Å². The maximum absolute atomic E-state index is 13.4. The number of carboxylic acid groups (broad SMARTS) is 1. The summed E-state index contributed by atoms with van der Waals surface area (Å²) in [6.07, 6.45) is 2.52. The van der Waals surface area contributed by atoms with E-state index in [-0.39, 0.29) is 12.3 Å². The minimum Gasteiger partial charge on any atom is -0.492 e. The Bertz CT molecular complexity index is 1750. The van der Waals surface area contributed by atoms with Crippen molar-refractivity contribution in [2.45, 2.75) is 12.8 Å². The zero-order chi connectivity index (χ0) is 31.2. The highest BCUT2D eigenvalue weighted by molar-refractivity contribution is 8.26. The zero-order valence-corrected chi connectivity index (χ0v) is 26.4. The molecule has 45 heavy (non-hydrogen) atoms. The Kier molecular flexibility index (Phi) is 9.91. The van der Waals surface area contributed by atoms with Crippen molar-refractivity contribution < 1.29 is 24.2 Å². The molecule has 2 aliphatic heterocycles. The van der Waals surface area contributed by atoms with Gasteiger partial charge in [0.1, 0.15) is 16.7 Å². The zero-order valence-electron chi connectivity index (χ0n) is 24.8. The molecule has 0 aliphatic carbocycles. The summed E-state index contributed by atoms with van der Waals surface area (Å²) in [5.74, 6) is -0.161. The van der Waals surface area contributed by atoms with Gasteiger partial charge in [-0.3, -0.25) is 19.4 Å². The molecule has 1 amide bonds. The Labute approximate surface area is 272 Å². The van der Waals surface area contributed by atoms with Crippen LogP contribution in [-0.2, 0) is 27.2 Å². The third-order valence-corrected chi connectivity index (χ3v) is 9.38. The lowest BCUT2D eigenvalue weighted by Crippen LogP contribution is -2.38. The molecule has 0 radical (unpaired) electrons. The first kappa shape index (κ1) is 31.0. The van der Waals surface area contributed by atoms with Crippen molar-refractivity contribution in [3.63, 3.8) is 0 Å². The van der Waals surface area contributed by atoms with Gasteiger partial charge in [0.05, 0.1) is 24.5 Å². The van der Waals surface area contributed by atoms with E-state index in [9.17, 15) is 9.59 Å². The van der Waals surface area contributed by atoms with Gasteiger partial charge in [0.2, 0.25) is 0 Å². The van der Waals surface area contributed by atoms with E-state index in [0.29, 0.717) is 28.8 Å². The van der Waals surface area contributed by atoms with Gasteiger partial charge in [0, 0.05) is 31.7 Å². The molecule has 2 saturated heterocycles. The van der Waals surface area contributed by atoms with Gasteiger partial charge in [-0.15, -0.1) is 0 Å². The third-order valence-electron chi connectivity index (χ3n) is 8.01. The predicted octanol–water partition coefficient (Wildman–Crippen LogP) is 6.29. The fourth-order valence-electron chi connectivity index (χ4n) is 5.54. The molecular formula is C36H34N2O5S2. The average Bonchev–Trinajstić information content (AvgIpc) is 3.32. The highest BCUT2D eigenvalue weighted by Gasteiger charge is 2.31. The summed E-state index contributed by atoms with van der Waals surface area (Å²) in [6, 6.07) is 28.2. The van der Waals surface area contributed by atoms with E-state index in [4.69, 9.17) is 26.8 Å². The van der Waals surface area contributed by atoms with Gasteiger partial charge in [-0.2, -0.15) is 0 Å². The van der Waals surface area contributed by atoms with Crippen LogP contribution in [0, 0.1) is 0 Å². The Morgan fingerprint density at radius 3 is 2.47 bits per heavy atom. The summed E-state index contributed by atoms with van der Waals surface area (Å²) in [5.41, 5.74) is 4.68. The van der Waals surface area contributed by atoms with Crippen LogP contribution in [0.15, 0.2) is 89.8 Å². The number of carboxylic acids is 1. The van der Waals surface area contributed by atoms with Crippen molar-refractivity contribution in [3.8, 4) is 16.9 Å². The number of hydrogen-bond donors (Lipinski definition) is 1. The maximum Gasteiger partial charge on any atom is 0.307 e. The summed E-state index contributed by atoms with van der Waals surface area (Å²) in [7, 11) is 0. The SMILES string of the molecule is O=C(O)Cc1ccc(CCN2C(=O)C(=Cc3ccc(OCCN4CCOCC4)c(-c4ccc5ccccc5c4)c3)SC2=S)cc1. The number of nitrogens with zero attached hydrogens (tertiary/aromatic N) is 2. The quantitative estimate of drug-likeness (QED) is 0.152. The molecule has 0 bridgehead atoms. The Morgan fingerprint density at radius 1 is 0.933 bits per heavy atom. The van der Waals surface area contributed by atoms with E-state index in [1.54, 1.807) is 4.90 Å². The monoisotopic (exact) mass is 638 g/mol. The van der Waals surface area contributed by atoms with Crippen LogP contribution in [-0.4, -0.2) is 77.1 Å². The smallest absolute Gasteiger partial charge is 0.307 e. The molecule has 0 saturated carbocycles. The molecule has 4 aromatic rings. The highest BCUT2D eigenvalue weighted by Crippen LogP contribution is 2.36. The Balaban J connectivity index is 1.20. The number of aliphatic carboxylic acids is 1.